The SMILES string of the molecule is CC(C)(C)P(C(C)(C)C)C(C)(C)C.CCCCC. The van der Waals surface area contributed by atoms with E-state index in [2.05, 4.69) is 76.2 Å². The lowest BCUT2D eigenvalue weighted by Gasteiger charge is -2.49. The molecule has 0 atom stereocenters. The van der Waals surface area contributed by atoms with Gasteiger partial charge in [0.05, 0.1) is 0 Å². The number of unbranched alkanes of at least 4 members (excludes halogenated alkanes) is 2. The molecule has 0 heterocycles. The second-order valence-corrected chi connectivity index (χ2v) is 12.9. The fourth-order valence-corrected chi connectivity index (χ4v) is 9.41. The average molecular weight is 274 g/mol. The van der Waals surface area contributed by atoms with Crippen molar-refractivity contribution in [2.75, 3.05) is 0 Å². The highest BCUT2D eigenvalue weighted by Gasteiger charge is 2.41. The van der Waals surface area contributed by atoms with Gasteiger partial charge in [-0.05, 0) is 15.5 Å². The van der Waals surface area contributed by atoms with Crippen LogP contribution in [0.5, 0.6) is 0 Å². The van der Waals surface area contributed by atoms with Crippen molar-refractivity contribution in [3.63, 3.8) is 0 Å². The number of rotatable bonds is 2. The van der Waals surface area contributed by atoms with Crippen LogP contribution < -0.4 is 0 Å². The lowest BCUT2D eigenvalue weighted by atomic mass is 10.2. The third-order valence-electron chi connectivity index (χ3n) is 2.72. The van der Waals surface area contributed by atoms with E-state index >= 15 is 0 Å². The monoisotopic (exact) mass is 274 g/mol. The second-order valence-electron chi connectivity index (χ2n) is 8.20. The molecular formula is C17H39P. The molecule has 0 aliphatic rings. The highest BCUT2D eigenvalue weighted by Crippen LogP contribution is 2.66. The molecule has 0 saturated carbocycles. The molecule has 0 unspecified atom stereocenters. The Morgan fingerprint density at radius 2 is 0.778 bits per heavy atom. The summed E-state index contributed by atoms with van der Waals surface area (Å²) in [6.07, 6.45) is 4.08. The van der Waals surface area contributed by atoms with Crippen molar-refractivity contribution in [1.82, 2.24) is 0 Å². The maximum absolute atomic E-state index is 2.38. The molecule has 0 aliphatic heterocycles. The van der Waals surface area contributed by atoms with Crippen molar-refractivity contribution in [2.45, 2.75) is 111 Å². The predicted molar refractivity (Wildman–Crippen MR) is 91.4 cm³/mol. The summed E-state index contributed by atoms with van der Waals surface area (Å²) in [7, 11) is 0.0162. The fraction of sp³-hybridized carbons (Fsp3) is 1.00. The molecule has 0 bridgehead atoms. The van der Waals surface area contributed by atoms with Crippen molar-refractivity contribution < 1.29 is 0 Å². The molecule has 0 nitrogen and oxygen atoms in total. The Balaban J connectivity index is 0. The van der Waals surface area contributed by atoms with Gasteiger partial charge >= 0.3 is 0 Å². The Morgan fingerprint density at radius 1 is 0.556 bits per heavy atom. The van der Waals surface area contributed by atoms with Gasteiger partial charge in [-0.25, -0.2) is 0 Å². The summed E-state index contributed by atoms with van der Waals surface area (Å²) in [5.41, 5.74) is 0. The quantitative estimate of drug-likeness (QED) is 0.473. The van der Waals surface area contributed by atoms with Crippen LogP contribution in [0.3, 0.4) is 0 Å². The predicted octanol–water partition coefficient (Wildman–Crippen LogP) is 7.06. The summed E-state index contributed by atoms with van der Waals surface area (Å²) in [6.45, 7) is 25.9. The molecule has 0 saturated heterocycles. The summed E-state index contributed by atoms with van der Waals surface area (Å²) < 4.78 is 0. The zero-order chi connectivity index (χ0) is 15.2. The van der Waals surface area contributed by atoms with Crippen LogP contribution in [0.1, 0.15) is 95.4 Å². The van der Waals surface area contributed by atoms with Gasteiger partial charge in [-0.1, -0.05) is 103 Å². The zero-order valence-corrected chi connectivity index (χ0v) is 16.0. The smallest absolute Gasteiger partial charge is 0.0170 e. The zero-order valence-electron chi connectivity index (χ0n) is 15.1. The highest BCUT2D eigenvalue weighted by molar-refractivity contribution is 7.62. The van der Waals surface area contributed by atoms with E-state index in [4.69, 9.17) is 0 Å². The Kier molecular flexibility index (Phi) is 9.08. The molecular weight excluding hydrogens is 235 g/mol. The molecule has 0 aromatic rings. The molecule has 0 spiro atoms. The van der Waals surface area contributed by atoms with Gasteiger partial charge in [0.15, 0.2) is 0 Å². The van der Waals surface area contributed by atoms with E-state index in [0.29, 0.717) is 15.5 Å². The topological polar surface area (TPSA) is 0 Å². The van der Waals surface area contributed by atoms with E-state index in [0.717, 1.165) is 0 Å². The first-order valence-corrected chi connectivity index (χ1v) is 8.93. The maximum atomic E-state index is 2.38. The van der Waals surface area contributed by atoms with Crippen LogP contribution in [0, 0.1) is 0 Å². The molecule has 0 rings (SSSR count). The average Bonchev–Trinajstić information content (AvgIpc) is 1.96. The van der Waals surface area contributed by atoms with Crippen LogP contribution in [-0.4, -0.2) is 15.5 Å². The van der Waals surface area contributed by atoms with Gasteiger partial charge in [-0.2, -0.15) is 0 Å². The normalized spacial score (nSPS) is 13.3. The molecule has 0 radical (unpaired) electrons. The van der Waals surface area contributed by atoms with Crippen molar-refractivity contribution >= 4 is 7.92 Å². The van der Waals surface area contributed by atoms with Crippen LogP contribution in [0.15, 0.2) is 0 Å². The lowest BCUT2D eigenvalue weighted by molar-refractivity contribution is 0.644. The Hall–Kier alpha value is 0.430. The summed E-state index contributed by atoms with van der Waals surface area (Å²) in [5, 5.41) is 1.35. The van der Waals surface area contributed by atoms with E-state index in [9.17, 15) is 0 Å². The van der Waals surface area contributed by atoms with Gasteiger partial charge in [0.1, 0.15) is 0 Å². The third-order valence-corrected chi connectivity index (χ3v) is 6.74. The van der Waals surface area contributed by atoms with Crippen LogP contribution in [0.2, 0.25) is 0 Å². The molecule has 18 heavy (non-hydrogen) atoms. The van der Waals surface area contributed by atoms with E-state index in [1.54, 1.807) is 0 Å². The van der Waals surface area contributed by atoms with E-state index in [-0.39, 0.29) is 7.92 Å². The molecule has 0 fully saturated rings. The van der Waals surface area contributed by atoms with Crippen LogP contribution >= 0.6 is 7.92 Å². The third kappa shape index (κ3) is 9.37. The van der Waals surface area contributed by atoms with Gasteiger partial charge in [0.25, 0.3) is 0 Å². The molecule has 0 aliphatic carbocycles. The Bertz CT molecular complexity index is 162. The summed E-state index contributed by atoms with van der Waals surface area (Å²) in [4.78, 5) is 0. The van der Waals surface area contributed by atoms with Gasteiger partial charge in [-0.3, -0.25) is 0 Å². The second kappa shape index (κ2) is 7.88. The fourth-order valence-electron chi connectivity index (χ4n) is 3.37. The summed E-state index contributed by atoms with van der Waals surface area (Å²) in [6, 6.07) is 0. The molecule has 0 aromatic heterocycles. The maximum Gasteiger partial charge on any atom is -0.0170 e. The van der Waals surface area contributed by atoms with E-state index < -0.39 is 0 Å². The van der Waals surface area contributed by atoms with Crippen molar-refractivity contribution in [3.8, 4) is 0 Å². The van der Waals surface area contributed by atoms with Gasteiger partial charge in [0.2, 0.25) is 0 Å². The lowest BCUT2D eigenvalue weighted by Crippen LogP contribution is -2.34. The Labute approximate surface area is 119 Å². The molecule has 0 aromatic carbocycles. The molecule has 112 valence electrons. The first-order valence-electron chi connectivity index (χ1n) is 7.59. The van der Waals surface area contributed by atoms with Crippen molar-refractivity contribution in [2.24, 2.45) is 0 Å². The molecule has 0 N–H and O–H groups in total. The van der Waals surface area contributed by atoms with Gasteiger partial charge in [0, 0.05) is 0 Å². The first kappa shape index (κ1) is 20.7. The molecule has 1 heteroatoms. The van der Waals surface area contributed by atoms with Crippen molar-refractivity contribution in [3.05, 3.63) is 0 Å². The number of hydrogen-bond donors (Lipinski definition) is 0. The summed E-state index contributed by atoms with van der Waals surface area (Å²) >= 11 is 0. The van der Waals surface area contributed by atoms with E-state index in [1.807, 2.05) is 0 Å². The molecule has 0 amide bonds. The summed E-state index contributed by atoms with van der Waals surface area (Å²) in [5.74, 6) is 0. The minimum absolute atomic E-state index is 0.0162. The first-order chi connectivity index (χ1) is 7.78. The minimum atomic E-state index is 0.0162. The highest BCUT2D eigenvalue weighted by atomic mass is 31.1. The standard InChI is InChI=1S/C12H27P.C5H12/c1-10(2,3)13(11(4,5)6)12(7,8)9;1-3-5-4-2/h1-9H3;3-5H2,1-2H3. The van der Waals surface area contributed by atoms with Crippen molar-refractivity contribution in [1.29, 1.82) is 0 Å². The minimum Gasteiger partial charge on any atom is -0.0901 e. The van der Waals surface area contributed by atoms with Gasteiger partial charge < -0.3 is 0 Å². The Morgan fingerprint density at radius 3 is 0.778 bits per heavy atom. The van der Waals surface area contributed by atoms with E-state index in [1.165, 1.54) is 19.3 Å². The van der Waals surface area contributed by atoms with Gasteiger partial charge in [-0.15, -0.1) is 0 Å². The van der Waals surface area contributed by atoms with Crippen LogP contribution in [-0.2, 0) is 0 Å². The number of hydrogen-bond acceptors (Lipinski definition) is 0. The van der Waals surface area contributed by atoms with Crippen LogP contribution in [0.4, 0.5) is 0 Å². The largest absolute Gasteiger partial charge is 0.0901 e. The van der Waals surface area contributed by atoms with Crippen LogP contribution in [0.25, 0.3) is 0 Å².